The molecule has 1 N–H and O–H groups in total. The van der Waals surface area contributed by atoms with Gasteiger partial charge in [-0.3, -0.25) is 4.79 Å². The van der Waals surface area contributed by atoms with Crippen LogP contribution in [0.15, 0.2) is 11.6 Å². The predicted octanol–water partition coefficient (Wildman–Crippen LogP) is 6.12. The first-order valence-electron chi connectivity index (χ1n) is 11.8. The number of allylic oxidation sites excluding steroid dienone is 2. The van der Waals surface area contributed by atoms with E-state index in [0.29, 0.717) is 23.2 Å². The van der Waals surface area contributed by atoms with Crippen LogP contribution in [0.5, 0.6) is 0 Å². The maximum atomic E-state index is 11.7. The van der Waals surface area contributed by atoms with Gasteiger partial charge >= 0.3 is 0 Å². The molecule has 27 heavy (non-hydrogen) atoms. The minimum atomic E-state index is 0.209. The second-order valence-corrected chi connectivity index (χ2v) is 10.9. The number of hydrogen-bond acceptors (Lipinski definition) is 1. The Kier molecular flexibility index (Phi) is 5.23. The molecule has 4 aliphatic rings. The minimum absolute atomic E-state index is 0.209. The lowest BCUT2D eigenvalue weighted by Gasteiger charge is -2.58. The molecular formula is C25H41NO. The predicted molar refractivity (Wildman–Crippen MR) is 112 cm³/mol. The quantitative estimate of drug-likeness (QED) is 0.593. The molecule has 0 unspecified atom stereocenters. The summed E-state index contributed by atoms with van der Waals surface area (Å²) < 4.78 is 0. The fourth-order valence-corrected chi connectivity index (χ4v) is 8.36. The molecule has 0 saturated heterocycles. The molecule has 0 aromatic heterocycles. The van der Waals surface area contributed by atoms with E-state index in [1.165, 1.54) is 57.8 Å². The summed E-state index contributed by atoms with van der Waals surface area (Å²) in [6.45, 7) is 7.68. The van der Waals surface area contributed by atoms with Gasteiger partial charge in [0.25, 0.3) is 0 Å². The van der Waals surface area contributed by atoms with Crippen LogP contribution in [0.2, 0.25) is 0 Å². The highest BCUT2D eigenvalue weighted by Gasteiger charge is 2.58. The molecule has 2 heteroatoms. The number of carbonyl (C=O) groups excluding carboxylic acids is 1. The fourth-order valence-electron chi connectivity index (χ4n) is 8.36. The number of hydrogen-bond donors (Lipinski definition) is 1. The van der Waals surface area contributed by atoms with Crippen LogP contribution in [0.4, 0.5) is 0 Å². The summed E-state index contributed by atoms with van der Waals surface area (Å²) in [5.74, 6) is 4.48. The molecule has 1 amide bonds. The van der Waals surface area contributed by atoms with Crippen LogP contribution in [0, 0.1) is 40.4 Å². The van der Waals surface area contributed by atoms with Gasteiger partial charge in [-0.25, -0.2) is 0 Å². The zero-order valence-corrected chi connectivity index (χ0v) is 18.2. The Morgan fingerprint density at radius 3 is 2.78 bits per heavy atom. The first-order valence-corrected chi connectivity index (χ1v) is 11.8. The molecule has 0 spiro atoms. The topological polar surface area (TPSA) is 29.1 Å². The summed E-state index contributed by atoms with van der Waals surface area (Å²) >= 11 is 0. The molecule has 0 heterocycles. The smallest absolute Gasteiger partial charge is 0.219 e. The molecule has 152 valence electrons. The first kappa shape index (κ1) is 19.5. The third-order valence-electron chi connectivity index (χ3n) is 9.88. The number of carbonyl (C=O) groups is 1. The van der Waals surface area contributed by atoms with Crippen molar-refractivity contribution in [3.63, 3.8) is 0 Å². The molecule has 0 radical (unpaired) electrons. The second-order valence-electron chi connectivity index (χ2n) is 10.9. The van der Waals surface area contributed by atoms with Gasteiger partial charge in [0.15, 0.2) is 0 Å². The highest BCUT2D eigenvalue weighted by molar-refractivity contribution is 5.75. The van der Waals surface area contributed by atoms with E-state index in [0.717, 1.165) is 30.1 Å². The molecule has 3 saturated carbocycles. The number of nitrogens with one attached hydrogen (secondary N) is 1. The Hall–Kier alpha value is -0.790. The molecule has 3 fully saturated rings. The van der Waals surface area contributed by atoms with Gasteiger partial charge in [0.05, 0.1) is 0 Å². The van der Waals surface area contributed by atoms with Crippen LogP contribution in [-0.2, 0) is 4.79 Å². The Labute approximate surface area is 166 Å². The lowest BCUT2D eigenvalue weighted by molar-refractivity contribution is -0.121. The van der Waals surface area contributed by atoms with Crippen molar-refractivity contribution >= 4 is 5.91 Å². The van der Waals surface area contributed by atoms with Crippen molar-refractivity contribution in [3.05, 3.63) is 11.6 Å². The summed E-state index contributed by atoms with van der Waals surface area (Å²) in [4.78, 5) is 11.7. The zero-order chi connectivity index (χ0) is 19.2. The summed E-state index contributed by atoms with van der Waals surface area (Å²) in [6.07, 6.45) is 17.2. The largest absolute Gasteiger partial charge is 0.359 e. The first-order chi connectivity index (χ1) is 12.9. The Morgan fingerprint density at radius 2 is 2.00 bits per heavy atom. The second kappa shape index (κ2) is 7.23. The van der Waals surface area contributed by atoms with E-state index >= 15 is 0 Å². The van der Waals surface area contributed by atoms with E-state index in [2.05, 4.69) is 32.2 Å². The van der Waals surface area contributed by atoms with Crippen LogP contribution in [-0.4, -0.2) is 13.0 Å². The van der Waals surface area contributed by atoms with Crippen LogP contribution in [0.25, 0.3) is 0 Å². The third kappa shape index (κ3) is 3.10. The van der Waals surface area contributed by atoms with Gasteiger partial charge in [-0.05, 0) is 98.2 Å². The Bertz CT molecular complexity index is 609. The van der Waals surface area contributed by atoms with Gasteiger partial charge in [0, 0.05) is 13.5 Å². The molecule has 7 atom stereocenters. The van der Waals surface area contributed by atoms with E-state index in [4.69, 9.17) is 0 Å². The molecule has 4 aliphatic carbocycles. The van der Waals surface area contributed by atoms with Crippen molar-refractivity contribution in [1.29, 1.82) is 0 Å². The van der Waals surface area contributed by atoms with Crippen molar-refractivity contribution in [3.8, 4) is 0 Å². The van der Waals surface area contributed by atoms with Crippen LogP contribution in [0.1, 0.15) is 91.4 Å². The average molecular weight is 372 g/mol. The number of rotatable bonds is 4. The molecule has 4 rings (SSSR count). The SMILES string of the molecule is CNC(=O)CC[C@@H](C)[C@H]1CC[C@H]2[C@@H]3CC=C4CCCC[C@]4(C)[C@H]3CC[C@]12C. The third-order valence-corrected chi connectivity index (χ3v) is 9.88. The lowest BCUT2D eigenvalue weighted by Crippen LogP contribution is -2.50. The molecule has 0 aromatic rings. The van der Waals surface area contributed by atoms with E-state index in [9.17, 15) is 4.79 Å². The van der Waals surface area contributed by atoms with Gasteiger partial charge in [0.2, 0.25) is 5.91 Å². The minimum Gasteiger partial charge on any atom is -0.359 e. The van der Waals surface area contributed by atoms with Crippen molar-refractivity contribution in [2.75, 3.05) is 7.05 Å². The summed E-state index contributed by atoms with van der Waals surface area (Å²) in [5.41, 5.74) is 2.86. The van der Waals surface area contributed by atoms with E-state index in [1.54, 1.807) is 7.05 Å². The van der Waals surface area contributed by atoms with Crippen molar-refractivity contribution in [1.82, 2.24) is 5.32 Å². The van der Waals surface area contributed by atoms with Gasteiger partial charge in [-0.1, -0.05) is 38.8 Å². The summed E-state index contributed by atoms with van der Waals surface area (Å²) in [5, 5.41) is 2.80. The van der Waals surface area contributed by atoms with Crippen LogP contribution in [0.3, 0.4) is 0 Å². The number of fused-ring (bicyclic) bond motifs is 5. The van der Waals surface area contributed by atoms with Crippen LogP contribution < -0.4 is 5.32 Å². The van der Waals surface area contributed by atoms with Crippen molar-refractivity contribution in [2.45, 2.75) is 91.4 Å². The highest BCUT2D eigenvalue weighted by atomic mass is 16.1. The molecule has 0 aliphatic heterocycles. The highest BCUT2D eigenvalue weighted by Crippen LogP contribution is 2.67. The summed E-state index contributed by atoms with van der Waals surface area (Å²) in [7, 11) is 1.76. The van der Waals surface area contributed by atoms with E-state index in [-0.39, 0.29) is 5.91 Å². The molecule has 0 aromatic carbocycles. The van der Waals surface area contributed by atoms with Crippen molar-refractivity contribution < 1.29 is 4.79 Å². The number of amides is 1. The molecule has 0 bridgehead atoms. The van der Waals surface area contributed by atoms with E-state index in [1.807, 2.05) is 5.57 Å². The van der Waals surface area contributed by atoms with Gasteiger partial charge < -0.3 is 5.32 Å². The van der Waals surface area contributed by atoms with Gasteiger partial charge in [0.1, 0.15) is 0 Å². The van der Waals surface area contributed by atoms with Gasteiger partial charge in [-0.15, -0.1) is 0 Å². The normalized spacial score (nSPS) is 44.5. The molecule has 2 nitrogen and oxygen atoms in total. The maximum absolute atomic E-state index is 11.7. The zero-order valence-electron chi connectivity index (χ0n) is 18.2. The average Bonchev–Trinajstić information content (AvgIpc) is 3.02. The maximum Gasteiger partial charge on any atom is 0.219 e. The lowest BCUT2D eigenvalue weighted by atomic mass is 9.47. The van der Waals surface area contributed by atoms with Gasteiger partial charge in [-0.2, -0.15) is 0 Å². The van der Waals surface area contributed by atoms with E-state index < -0.39 is 0 Å². The molecular weight excluding hydrogens is 330 g/mol. The standard InChI is InChI=1S/C25H41NO/c1-17(8-13-23(27)26-4)20-11-12-21-19-10-9-18-7-5-6-15-24(18,2)22(19)14-16-25(20,21)3/h9,17,19-22H,5-8,10-16H2,1-4H3,(H,26,27)/t17-,19+,20-,21+,22+,24+,25-/m1/s1. The van der Waals surface area contributed by atoms with Crippen molar-refractivity contribution in [2.24, 2.45) is 40.4 Å². The fraction of sp³-hybridized carbons (Fsp3) is 0.880. The Morgan fingerprint density at radius 1 is 1.19 bits per heavy atom. The monoisotopic (exact) mass is 371 g/mol. The summed E-state index contributed by atoms with van der Waals surface area (Å²) in [6, 6.07) is 0. The van der Waals surface area contributed by atoms with Crippen LogP contribution >= 0.6 is 0 Å². The Balaban J connectivity index is 1.51.